The van der Waals surface area contributed by atoms with E-state index >= 15 is 0 Å². The van der Waals surface area contributed by atoms with Gasteiger partial charge in [-0.25, -0.2) is 5.43 Å². The number of carbonyl (C=O) groups excluding carboxylic acids is 1. The minimum Gasteiger partial charge on any atom is -0.507 e. The van der Waals surface area contributed by atoms with Crippen molar-refractivity contribution in [3.05, 3.63) is 51.2 Å². The number of carbonyl (C=O) groups is 1. The van der Waals surface area contributed by atoms with Gasteiger partial charge in [-0.05, 0) is 29.6 Å². The van der Waals surface area contributed by atoms with Gasteiger partial charge in [-0.15, -0.1) is 11.3 Å². The Balaban J connectivity index is 2.06. The number of hydrogen-bond donors (Lipinski definition) is 2. The van der Waals surface area contributed by atoms with Crippen LogP contribution in [0, 0.1) is 0 Å². The van der Waals surface area contributed by atoms with Crippen LogP contribution >= 0.6 is 22.9 Å². The number of rotatable bonds is 3. The van der Waals surface area contributed by atoms with Crippen LogP contribution in [0.25, 0.3) is 0 Å². The van der Waals surface area contributed by atoms with Gasteiger partial charge in [-0.3, -0.25) is 4.79 Å². The van der Waals surface area contributed by atoms with Gasteiger partial charge >= 0.3 is 0 Å². The fourth-order valence-electron chi connectivity index (χ4n) is 1.27. The molecule has 0 aliphatic heterocycles. The van der Waals surface area contributed by atoms with E-state index in [9.17, 15) is 9.90 Å². The van der Waals surface area contributed by atoms with Crippen molar-refractivity contribution in [1.82, 2.24) is 5.43 Å². The molecule has 0 radical (unpaired) electrons. The van der Waals surface area contributed by atoms with Crippen molar-refractivity contribution in [1.29, 1.82) is 0 Å². The van der Waals surface area contributed by atoms with Crippen LogP contribution in [0.15, 0.2) is 40.8 Å². The third kappa shape index (κ3) is 3.09. The molecule has 0 spiro atoms. The molecule has 2 N–H and O–H groups in total. The number of hydrogen-bond acceptors (Lipinski definition) is 4. The second kappa shape index (κ2) is 5.66. The lowest BCUT2D eigenvalue weighted by Gasteiger charge is -2.02. The first-order chi connectivity index (χ1) is 8.66. The molecule has 4 nitrogen and oxygen atoms in total. The summed E-state index contributed by atoms with van der Waals surface area (Å²) in [4.78, 5) is 12.6. The molecule has 92 valence electrons. The Kier molecular flexibility index (Phi) is 3.96. The quantitative estimate of drug-likeness (QED) is 0.671. The summed E-state index contributed by atoms with van der Waals surface area (Å²) in [6.07, 6.45) is 1.53. The predicted octanol–water partition coefficient (Wildman–Crippen LogP) is 2.87. The molecule has 0 unspecified atom stereocenters. The summed E-state index contributed by atoms with van der Waals surface area (Å²) >= 11 is 7.25. The molecule has 2 rings (SSSR count). The zero-order valence-electron chi connectivity index (χ0n) is 9.13. The zero-order valence-corrected chi connectivity index (χ0v) is 10.7. The van der Waals surface area contributed by atoms with E-state index in [1.165, 1.54) is 35.8 Å². The van der Waals surface area contributed by atoms with Crippen molar-refractivity contribution in [2.24, 2.45) is 5.10 Å². The highest BCUT2D eigenvalue weighted by atomic mass is 35.5. The zero-order chi connectivity index (χ0) is 13.0. The van der Waals surface area contributed by atoms with Gasteiger partial charge in [0.05, 0.1) is 11.8 Å². The van der Waals surface area contributed by atoms with E-state index in [4.69, 9.17) is 11.6 Å². The number of amides is 1. The topological polar surface area (TPSA) is 61.7 Å². The van der Waals surface area contributed by atoms with Crippen molar-refractivity contribution in [2.45, 2.75) is 0 Å². The molecule has 18 heavy (non-hydrogen) atoms. The first-order valence-electron chi connectivity index (χ1n) is 5.02. The molecule has 0 saturated heterocycles. The summed E-state index contributed by atoms with van der Waals surface area (Å²) in [6.45, 7) is 0. The van der Waals surface area contributed by atoms with Gasteiger partial charge in [0, 0.05) is 9.90 Å². The minimum atomic E-state index is -0.511. The molecular weight excluding hydrogens is 272 g/mol. The van der Waals surface area contributed by atoms with E-state index in [2.05, 4.69) is 10.5 Å². The summed E-state index contributed by atoms with van der Waals surface area (Å²) in [7, 11) is 0. The number of nitrogens with one attached hydrogen (secondary N) is 1. The van der Waals surface area contributed by atoms with Gasteiger partial charge in [-0.2, -0.15) is 5.10 Å². The van der Waals surface area contributed by atoms with Crippen LogP contribution in [-0.2, 0) is 0 Å². The van der Waals surface area contributed by atoms with E-state index in [-0.39, 0.29) is 11.3 Å². The maximum Gasteiger partial charge on any atom is 0.275 e. The summed E-state index contributed by atoms with van der Waals surface area (Å²) in [5.74, 6) is -0.647. The second-order valence-corrected chi connectivity index (χ2v) is 4.79. The average molecular weight is 281 g/mol. The molecule has 2 aromatic rings. The number of benzene rings is 1. The highest BCUT2D eigenvalue weighted by Gasteiger charge is 2.10. The third-order valence-electron chi connectivity index (χ3n) is 2.10. The van der Waals surface area contributed by atoms with Gasteiger partial charge in [-0.1, -0.05) is 17.7 Å². The number of phenols is 1. The van der Waals surface area contributed by atoms with Crippen LogP contribution in [0.2, 0.25) is 5.02 Å². The molecule has 0 atom stereocenters. The maximum atomic E-state index is 11.7. The molecule has 0 aliphatic carbocycles. The fourth-order valence-corrected chi connectivity index (χ4v) is 2.03. The molecule has 1 aromatic carbocycles. The van der Waals surface area contributed by atoms with Crippen molar-refractivity contribution >= 4 is 35.1 Å². The lowest BCUT2D eigenvalue weighted by molar-refractivity contribution is 0.0952. The molecule has 1 aromatic heterocycles. The molecule has 1 heterocycles. The summed E-state index contributed by atoms with van der Waals surface area (Å²) in [5, 5.41) is 15.6. The molecular formula is C12H9ClN2O2S. The van der Waals surface area contributed by atoms with Gasteiger partial charge in [0.25, 0.3) is 5.91 Å². The monoisotopic (exact) mass is 280 g/mol. The average Bonchev–Trinajstić information content (AvgIpc) is 2.85. The van der Waals surface area contributed by atoms with Crippen LogP contribution in [0.4, 0.5) is 0 Å². The molecule has 6 heteroatoms. The summed E-state index contributed by atoms with van der Waals surface area (Å²) < 4.78 is 0. The Morgan fingerprint density at radius 3 is 3.00 bits per heavy atom. The number of aromatic hydroxyl groups is 1. The molecule has 0 bridgehead atoms. The highest BCUT2D eigenvalue weighted by molar-refractivity contribution is 7.11. The molecule has 1 amide bonds. The Bertz CT molecular complexity index is 582. The predicted molar refractivity (Wildman–Crippen MR) is 72.5 cm³/mol. The molecule has 0 saturated carbocycles. The van der Waals surface area contributed by atoms with E-state index in [1.54, 1.807) is 0 Å². The first-order valence-corrected chi connectivity index (χ1v) is 6.28. The van der Waals surface area contributed by atoms with E-state index in [0.717, 1.165) is 4.88 Å². The number of halogens is 1. The van der Waals surface area contributed by atoms with E-state index in [0.29, 0.717) is 5.02 Å². The van der Waals surface area contributed by atoms with Crippen LogP contribution in [0.3, 0.4) is 0 Å². The molecule has 0 aliphatic rings. The second-order valence-electron chi connectivity index (χ2n) is 3.38. The summed E-state index contributed by atoms with van der Waals surface area (Å²) in [5.41, 5.74) is 2.41. The number of phenolic OH excluding ortho intramolecular Hbond substituents is 1. The fraction of sp³-hybridized carbons (Fsp3) is 0. The lowest BCUT2D eigenvalue weighted by Crippen LogP contribution is -2.17. The Morgan fingerprint density at radius 2 is 2.28 bits per heavy atom. The van der Waals surface area contributed by atoms with Crippen molar-refractivity contribution in [2.75, 3.05) is 0 Å². The lowest BCUT2D eigenvalue weighted by atomic mass is 10.2. The maximum absolute atomic E-state index is 11.7. The Hall–Kier alpha value is -1.85. The third-order valence-corrected chi connectivity index (χ3v) is 3.15. The minimum absolute atomic E-state index is 0.0887. The van der Waals surface area contributed by atoms with Crippen LogP contribution in [0.1, 0.15) is 15.2 Å². The largest absolute Gasteiger partial charge is 0.507 e. The highest BCUT2D eigenvalue weighted by Crippen LogP contribution is 2.21. The normalized spacial score (nSPS) is 10.7. The van der Waals surface area contributed by atoms with E-state index < -0.39 is 5.91 Å². The number of hydrazone groups is 1. The number of thiophene rings is 1. The first kappa shape index (κ1) is 12.6. The van der Waals surface area contributed by atoms with Crippen molar-refractivity contribution < 1.29 is 9.90 Å². The van der Waals surface area contributed by atoms with Gasteiger partial charge in [0.1, 0.15) is 5.75 Å². The van der Waals surface area contributed by atoms with Crippen molar-refractivity contribution in [3.8, 4) is 5.75 Å². The standard InChI is InChI=1S/C12H9ClN2O2S/c13-8-3-4-11(16)10(6-8)12(17)15-14-7-9-2-1-5-18-9/h1-7,16H,(H,15,17)/b14-7-. The Morgan fingerprint density at radius 1 is 1.44 bits per heavy atom. The summed E-state index contributed by atoms with van der Waals surface area (Å²) in [6, 6.07) is 8.00. The van der Waals surface area contributed by atoms with Gasteiger partial charge < -0.3 is 5.11 Å². The smallest absolute Gasteiger partial charge is 0.275 e. The van der Waals surface area contributed by atoms with Crippen LogP contribution < -0.4 is 5.43 Å². The van der Waals surface area contributed by atoms with Gasteiger partial charge in [0.15, 0.2) is 0 Å². The molecule has 0 fully saturated rings. The SMILES string of the molecule is O=C(N/N=C\c1cccs1)c1cc(Cl)ccc1O. The van der Waals surface area contributed by atoms with Crippen LogP contribution in [-0.4, -0.2) is 17.2 Å². The van der Waals surface area contributed by atoms with Crippen LogP contribution in [0.5, 0.6) is 5.75 Å². The van der Waals surface area contributed by atoms with E-state index in [1.807, 2.05) is 17.5 Å². The van der Waals surface area contributed by atoms with Crippen molar-refractivity contribution in [3.63, 3.8) is 0 Å². The number of nitrogens with zero attached hydrogens (tertiary/aromatic N) is 1. The Labute approximate surface area is 113 Å². The van der Waals surface area contributed by atoms with Gasteiger partial charge in [0.2, 0.25) is 0 Å².